The van der Waals surface area contributed by atoms with Crippen molar-refractivity contribution in [3.8, 4) is 17.2 Å². The lowest BCUT2D eigenvalue weighted by Crippen LogP contribution is -2.23. The molecule has 7 nitrogen and oxygen atoms in total. The minimum absolute atomic E-state index is 0.0619. The summed E-state index contributed by atoms with van der Waals surface area (Å²) >= 11 is 0. The second kappa shape index (κ2) is 7.50. The minimum Gasteiger partial charge on any atom is -0.497 e. The third-order valence-corrected chi connectivity index (χ3v) is 5.26. The summed E-state index contributed by atoms with van der Waals surface area (Å²) in [6.45, 7) is 0.516. The second-order valence-electron chi connectivity index (χ2n) is 6.82. The lowest BCUT2D eigenvalue weighted by Gasteiger charge is -2.10. The van der Waals surface area contributed by atoms with Crippen molar-refractivity contribution in [2.45, 2.75) is 13.0 Å². The van der Waals surface area contributed by atoms with E-state index in [1.807, 2.05) is 48.0 Å². The van der Waals surface area contributed by atoms with Crippen LogP contribution in [0.15, 0.2) is 47.5 Å². The van der Waals surface area contributed by atoms with E-state index in [2.05, 4.69) is 4.98 Å². The Balaban J connectivity index is 1.70. The number of ether oxygens (including phenoxy) is 3. The van der Waals surface area contributed by atoms with E-state index >= 15 is 0 Å². The zero-order valence-corrected chi connectivity index (χ0v) is 16.9. The van der Waals surface area contributed by atoms with Gasteiger partial charge in [0.1, 0.15) is 16.8 Å². The average Bonchev–Trinajstić information content (AvgIpc) is 3.05. The number of aryl methyl sites for hydroxylation is 3. The van der Waals surface area contributed by atoms with Gasteiger partial charge < -0.3 is 18.8 Å². The number of nitrogens with zero attached hydrogens (tertiary/aromatic N) is 3. The molecule has 0 unspecified atom stereocenters. The summed E-state index contributed by atoms with van der Waals surface area (Å²) in [6, 6.07) is 11.5. The van der Waals surface area contributed by atoms with Gasteiger partial charge >= 0.3 is 0 Å². The van der Waals surface area contributed by atoms with Gasteiger partial charge in [0.05, 0.1) is 33.2 Å². The van der Waals surface area contributed by atoms with E-state index < -0.39 is 0 Å². The molecular weight excluding hydrogens is 370 g/mol. The first kappa shape index (κ1) is 18.9. The highest BCUT2D eigenvalue weighted by molar-refractivity contribution is 6.05. The summed E-state index contributed by atoms with van der Waals surface area (Å²) in [7, 11) is 6.73. The number of methoxy groups -OCH3 is 3. The molecule has 150 valence electrons. The van der Waals surface area contributed by atoms with Gasteiger partial charge in [0, 0.05) is 19.0 Å². The van der Waals surface area contributed by atoms with Gasteiger partial charge in [-0.1, -0.05) is 6.07 Å². The van der Waals surface area contributed by atoms with Crippen LogP contribution < -0.4 is 19.8 Å². The molecule has 0 aliphatic heterocycles. The summed E-state index contributed by atoms with van der Waals surface area (Å²) in [5.41, 5.74) is 3.21. The van der Waals surface area contributed by atoms with E-state index in [9.17, 15) is 4.79 Å². The lowest BCUT2D eigenvalue weighted by atomic mass is 10.1. The third kappa shape index (κ3) is 3.18. The summed E-state index contributed by atoms with van der Waals surface area (Å²) in [5.74, 6) is 2.10. The Hall–Kier alpha value is -3.48. The predicted molar refractivity (Wildman–Crippen MR) is 112 cm³/mol. The van der Waals surface area contributed by atoms with Gasteiger partial charge in [-0.05, 0) is 42.3 Å². The molecular formula is C22H23N3O4. The molecule has 29 heavy (non-hydrogen) atoms. The molecule has 0 aliphatic carbocycles. The highest BCUT2D eigenvalue weighted by Gasteiger charge is 2.15. The van der Waals surface area contributed by atoms with Crippen LogP contribution in [0.2, 0.25) is 0 Å². The van der Waals surface area contributed by atoms with Gasteiger partial charge in [-0.15, -0.1) is 0 Å². The fourth-order valence-electron chi connectivity index (χ4n) is 3.67. The third-order valence-electron chi connectivity index (χ3n) is 5.26. The SMILES string of the molecule is COc1ccc2c(c1)c1ncn(CCc3ccc(OC)c(OC)c3)c(=O)c1n2C. The van der Waals surface area contributed by atoms with Crippen LogP contribution in [-0.4, -0.2) is 35.4 Å². The van der Waals surface area contributed by atoms with Crippen molar-refractivity contribution in [2.24, 2.45) is 7.05 Å². The first-order valence-corrected chi connectivity index (χ1v) is 9.30. The topological polar surface area (TPSA) is 67.5 Å². The van der Waals surface area contributed by atoms with Crippen molar-refractivity contribution < 1.29 is 14.2 Å². The van der Waals surface area contributed by atoms with Crippen LogP contribution in [0.25, 0.3) is 21.9 Å². The van der Waals surface area contributed by atoms with Crippen LogP contribution in [0.5, 0.6) is 17.2 Å². The normalized spacial score (nSPS) is 11.2. The van der Waals surface area contributed by atoms with Crippen LogP contribution in [0, 0.1) is 0 Å². The Kier molecular flexibility index (Phi) is 4.88. The van der Waals surface area contributed by atoms with Crippen LogP contribution in [0.4, 0.5) is 0 Å². The van der Waals surface area contributed by atoms with E-state index in [4.69, 9.17) is 14.2 Å². The molecule has 0 amide bonds. The average molecular weight is 393 g/mol. The van der Waals surface area contributed by atoms with E-state index in [0.717, 1.165) is 22.2 Å². The molecule has 0 saturated heterocycles. The highest BCUT2D eigenvalue weighted by Crippen LogP contribution is 2.29. The monoisotopic (exact) mass is 393 g/mol. The highest BCUT2D eigenvalue weighted by atomic mass is 16.5. The van der Waals surface area contributed by atoms with Crippen molar-refractivity contribution in [2.75, 3.05) is 21.3 Å². The Morgan fingerprint density at radius 2 is 1.76 bits per heavy atom. The van der Waals surface area contributed by atoms with Gasteiger partial charge in [-0.3, -0.25) is 9.36 Å². The standard InChI is InChI=1S/C22H23N3O4/c1-24-17-7-6-15(27-2)12-16(17)20-21(24)22(26)25(13-23-20)10-9-14-5-8-18(28-3)19(11-14)29-4/h5-8,11-13H,9-10H2,1-4H3. The number of aromatic nitrogens is 3. The molecule has 0 radical (unpaired) electrons. The van der Waals surface area contributed by atoms with E-state index in [1.165, 1.54) is 0 Å². The van der Waals surface area contributed by atoms with Crippen molar-refractivity contribution in [1.29, 1.82) is 0 Å². The van der Waals surface area contributed by atoms with Gasteiger partial charge in [-0.2, -0.15) is 0 Å². The largest absolute Gasteiger partial charge is 0.497 e. The Morgan fingerprint density at radius 1 is 0.966 bits per heavy atom. The molecule has 0 fully saturated rings. The van der Waals surface area contributed by atoms with E-state index in [-0.39, 0.29) is 5.56 Å². The number of hydrogen-bond donors (Lipinski definition) is 0. The Labute approximate surface area is 168 Å². The van der Waals surface area contributed by atoms with Gasteiger partial charge in [0.25, 0.3) is 5.56 Å². The van der Waals surface area contributed by atoms with E-state index in [1.54, 1.807) is 32.2 Å². The Bertz CT molecular complexity index is 1260. The number of benzene rings is 2. The van der Waals surface area contributed by atoms with Crippen LogP contribution in [0.1, 0.15) is 5.56 Å². The van der Waals surface area contributed by atoms with Crippen molar-refractivity contribution in [3.05, 3.63) is 58.6 Å². The maximum atomic E-state index is 13.1. The van der Waals surface area contributed by atoms with E-state index in [0.29, 0.717) is 35.5 Å². The van der Waals surface area contributed by atoms with Gasteiger partial charge in [-0.25, -0.2) is 4.98 Å². The van der Waals surface area contributed by atoms with Crippen molar-refractivity contribution >= 4 is 21.9 Å². The smallest absolute Gasteiger partial charge is 0.277 e. The first-order chi connectivity index (χ1) is 14.1. The summed E-state index contributed by atoms with van der Waals surface area (Å²) in [5, 5.41) is 0.908. The van der Waals surface area contributed by atoms with Gasteiger partial charge in [0.2, 0.25) is 0 Å². The zero-order valence-electron chi connectivity index (χ0n) is 16.9. The zero-order chi connectivity index (χ0) is 20.5. The molecule has 0 N–H and O–H groups in total. The van der Waals surface area contributed by atoms with Crippen molar-refractivity contribution in [3.63, 3.8) is 0 Å². The maximum Gasteiger partial charge on any atom is 0.277 e. The van der Waals surface area contributed by atoms with Gasteiger partial charge in [0.15, 0.2) is 11.5 Å². The second-order valence-corrected chi connectivity index (χ2v) is 6.82. The van der Waals surface area contributed by atoms with Crippen LogP contribution in [-0.2, 0) is 20.0 Å². The molecule has 0 saturated carbocycles. The molecule has 0 bridgehead atoms. The van der Waals surface area contributed by atoms with Crippen LogP contribution >= 0.6 is 0 Å². The molecule has 2 aromatic heterocycles. The summed E-state index contributed by atoms with van der Waals surface area (Å²) in [6.07, 6.45) is 2.29. The minimum atomic E-state index is -0.0619. The Morgan fingerprint density at radius 3 is 2.48 bits per heavy atom. The number of fused-ring (bicyclic) bond motifs is 3. The van der Waals surface area contributed by atoms with Crippen molar-refractivity contribution in [1.82, 2.24) is 14.1 Å². The fourth-order valence-corrected chi connectivity index (χ4v) is 3.67. The maximum absolute atomic E-state index is 13.1. The molecule has 4 aromatic rings. The quantitative estimate of drug-likeness (QED) is 0.503. The molecule has 7 heteroatoms. The molecule has 0 spiro atoms. The predicted octanol–water partition coefficient (Wildman–Crippen LogP) is 3.16. The fraction of sp³-hybridized carbons (Fsp3) is 0.273. The van der Waals surface area contributed by atoms with Crippen LogP contribution in [0.3, 0.4) is 0 Å². The number of rotatable bonds is 6. The first-order valence-electron chi connectivity index (χ1n) is 9.30. The molecule has 2 heterocycles. The molecule has 0 aliphatic rings. The molecule has 2 aromatic carbocycles. The summed E-state index contributed by atoms with van der Waals surface area (Å²) in [4.78, 5) is 17.7. The molecule has 0 atom stereocenters. The molecule has 4 rings (SSSR count). The summed E-state index contributed by atoms with van der Waals surface area (Å²) < 4.78 is 19.5. The lowest BCUT2D eigenvalue weighted by molar-refractivity contribution is 0.354. The number of hydrogen-bond acceptors (Lipinski definition) is 5.